The summed E-state index contributed by atoms with van der Waals surface area (Å²) >= 11 is 0. The Morgan fingerprint density at radius 3 is 2.29 bits per heavy atom. The fourth-order valence-electron chi connectivity index (χ4n) is 3.19. The number of carbonyl (C=O) groups excluding carboxylic acids is 1. The zero-order valence-electron chi connectivity index (χ0n) is 14.2. The number of ether oxygens (including phenoxy) is 3. The fraction of sp³-hybridized carbons (Fsp3) is 0.444. The van der Waals surface area contributed by atoms with Crippen molar-refractivity contribution in [1.29, 1.82) is 0 Å². The molecule has 0 saturated heterocycles. The highest BCUT2D eigenvalue weighted by atomic mass is 16.5. The summed E-state index contributed by atoms with van der Waals surface area (Å²) in [6.07, 6.45) is 6.29. The number of nitrogens with zero attached hydrogens (tertiary/aromatic N) is 1. The molecule has 24 heavy (non-hydrogen) atoms. The van der Waals surface area contributed by atoms with Crippen LogP contribution in [0.1, 0.15) is 31.2 Å². The summed E-state index contributed by atoms with van der Waals surface area (Å²) in [6, 6.07) is 3.51. The molecule has 0 atom stereocenters. The van der Waals surface area contributed by atoms with Crippen molar-refractivity contribution in [1.82, 2.24) is 5.32 Å². The van der Waals surface area contributed by atoms with Gasteiger partial charge in [0.2, 0.25) is 0 Å². The Morgan fingerprint density at radius 2 is 1.67 bits per heavy atom. The molecule has 2 aliphatic rings. The lowest BCUT2D eigenvalue weighted by Gasteiger charge is -2.12. The van der Waals surface area contributed by atoms with Crippen LogP contribution in [0.5, 0.6) is 17.2 Å². The van der Waals surface area contributed by atoms with Crippen LogP contribution >= 0.6 is 0 Å². The number of methoxy groups -OCH3 is 3. The number of amides is 1. The summed E-state index contributed by atoms with van der Waals surface area (Å²) in [5.74, 6) is 2.73. The molecule has 0 aromatic heterocycles. The van der Waals surface area contributed by atoms with Crippen molar-refractivity contribution in [3.8, 4) is 17.2 Å². The number of rotatable bonds is 5. The molecule has 6 heteroatoms. The van der Waals surface area contributed by atoms with Crippen molar-refractivity contribution in [3.63, 3.8) is 0 Å². The molecule has 1 fully saturated rings. The molecule has 1 aliphatic heterocycles. The summed E-state index contributed by atoms with van der Waals surface area (Å²) in [4.78, 5) is 16.7. The highest BCUT2D eigenvalue weighted by Gasteiger charge is 2.28. The molecule has 1 N–H and O–H groups in total. The first-order valence-electron chi connectivity index (χ1n) is 8.08. The first-order valence-corrected chi connectivity index (χ1v) is 8.08. The first kappa shape index (κ1) is 16.4. The number of benzene rings is 1. The predicted molar refractivity (Wildman–Crippen MR) is 91.6 cm³/mol. The predicted octanol–water partition coefficient (Wildman–Crippen LogP) is 2.77. The number of amidine groups is 1. The Kier molecular flexibility index (Phi) is 4.74. The fourth-order valence-corrected chi connectivity index (χ4v) is 3.19. The molecular formula is C18H22N2O4. The third-order valence-corrected chi connectivity index (χ3v) is 4.49. The largest absolute Gasteiger partial charge is 0.496 e. The normalized spacial score (nSPS) is 19.4. The molecule has 128 valence electrons. The molecule has 1 saturated carbocycles. The van der Waals surface area contributed by atoms with Gasteiger partial charge in [-0.3, -0.25) is 4.79 Å². The van der Waals surface area contributed by atoms with E-state index in [4.69, 9.17) is 14.2 Å². The summed E-state index contributed by atoms with van der Waals surface area (Å²) in [7, 11) is 4.71. The van der Waals surface area contributed by atoms with Crippen LogP contribution in [0, 0.1) is 5.92 Å². The van der Waals surface area contributed by atoms with E-state index in [0.717, 1.165) is 24.2 Å². The Balaban J connectivity index is 1.96. The van der Waals surface area contributed by atoms with E-state index in [2.05, 4.69) is 10.3 Å². The monoisotopic (exact) mass is 330 g/mol. The van der Waals surface area contributed by atoms with Gasteiger partial charge in [-0.1, -0.05) is 12.8 Å². The van der Waals surface area contributed by atoms with Gasteiger partial charge in [-0.15, -0.1) is 0 Å². The van der Waals surface area contributed by atoms with Crippen molar-refractivity contribution >= 4 is 17.8 Å². The first-order chi connectivity index (χ1) is 11.7. The Labute approximate surface area is 141 Å². The molecule has 6 nitrogen and oxygen atoms in total. The Hall–Kier alpha value is -2.50. The van der Waals surface area contributed by atoms with Gasteiger partial charge in [0.15, 0.2) is 11.5 Å². The van der Waals surface area contributed by atoms with Gasteiger partial charge in [0, 0.05) is 17.5 Å². The minimum absolute atomic E-state index is 0.172. The van der Waals surface area contributed by atoms with Gasteiger partial charge in [0.25, 0.3) is 5.91 Å². The van der Waals surface area contributed by atoms with E-state index in [1.54, 1.807) is 39.5 Å². The number of nitrogens with one attached hydrogen (secondary N) is 1. The van der Waals surface area contributed by atoms with Crippen molar-refractivity contribution in [2.75, 3.05) is 21.3 Å². The van der Waals surface area contributed by atoms with Gasteiger partial charge in [-0.2, -0.15) is 0 Å². The molecule has 0 bridgehead atoms. The third kappa shape index (κ3) is 3.09. The number of hydrogen-bond donors (Lipinski definition) is 1. The van der Waals surface area contributed by atoms with Crippen LogP contribution in [0.15, 0.2) is 22.8 Å². The van der Waals surface area contributed by atoms with Crippen LogP contribution in [-0.4, -0.2) is 33.1 Å². The smallest absolute Gasteiger partial charge is 0.275 e. The second-order valence-corrected chi connectivity index (χ2v) is 5.91. The molecule has 1 amide bonds. The molecule has 0 unspecified atom stereocenters. The minimum Gasteiger partial charge on any atom is -0.496 e. The lowest BCUT2D eigenvalue weighted by Crippen LogP contribution is -2.29. The van der Waals surface area contributed by atoms with Gasteiger partial charge in [-0.25, -0.2) is 4.99 Å². The molecule has 3 rings (SSSR count). The van der Waals surface area contributed by atoms with Gasteiger partial charge in [-0.05, 0) is 25.0 Å². The van der Waals surface area contributed by atoms with Crippen LogP contribution in [-0.2, 0) is 4.79 Å². The van der Waals surface area contributed by atoms with Crippen LogP contribution < -0.4 is 19.5 Å². The van der Waals surface area contributed by atoms with Crippen molar-refractivity contribution in [2.24, 2.45) is 10.9 Å². The molecular weight excluding hydrogens is 308 g/mol. The standard InChI is InChI=1S/C18H22N2O4/c1-22-14-10-16(24-3)15(23-2)9-12(14)8-13-18(21)20-17(19-13)11-6-4-5-7-11/h8-11H,4-7H2,1-3H3,(H,19,20,21)/b13-8+. The Bertz CT molecular complexity index is 703. The summed E-state index contributed by atoms with van der Waals surface area (Å²) in [6.45, 7) is 0. The average molecular weight is 330 g/mol. The lowest BCUT2D eigenvalue weighted by atomic mass is 10.1. The summed E-state index contributed by atoms with van der Waals surface area (Å²) in [5, 5.41) is 2.90. The number of aliphatic imine (C=N–C) groups is 1. The lowest BCUT2D eigenvalue weighted by molar-refractivity contribution is -0.115. The van der Waals surface area contributed by atoms with E-state index in [9.17, 15) is 4.79 Å². The van der Waals surface area contributed by atoms with E-state index in [1.165, 1.54) is 12.8 Å². The van der Waals surface area contributed by atoms with Crippen molar-refractivity contribution in [2.45, 2.75) is 25.7 Å². The molecule has 1 aliphatic carbocycles. The van der Waals surface area contributed by atoms with Crippen molar-refractivity contribution < 1.29 is 19.0 Å². The van der Waals surface area contributed by atoms with Crippen LogP contribution in [0.4, 0.5) is 0 Å². The van der Waals surface area contributed by atoms with E-state index < -0.39 is 0 Å². The highest BCUT2D eigenvalue weighted by molar-refractivity contribution is 6.15. The molecule has 1 aromatic carbocycles. The van der Waals surface area contributed by atoms with Gasteiger partial charge in [0.1, 0.15) is 17.3 Å². The SMILES string of the molecule is COc1cc(OC)c(OC)cc1/C=C1/N=C(C2CCCC2)NC1=O. The van der Waals surface area contributed by atoms with Gasteiger partial charge < -0.3 is 19.5 Å². The van der Waals surface area contributed by atoms with Crippen LogP contribution in [0.3, 0.4) is 0 Å². The van der Waals surface area contributed by atoms with Crippen LogP contribution in [0.2, 0.25) is 0 Å². The topological polar surface area (TPSA) is 69.2 Å². The minimum atomic E-state index is -0.172. The summed E-state index contributed by atoms with van der Waals surface area (Å²) in [5.41, 5.74) is 1.11. The maximum Gasteiger partial charge on any atom is 0.275 e. The quantitative estimate of drug-likeness (QED) is 0.843. The van der Waals surface area contributed by atoms with E-state index in [0.29, 0.717) is 28.9 Å². The maximum atomic E-state index is 12.2. The Morgan fingerprint density at radius 1 is 1.04 bits per heavy atom. The maximum absolute atomic E-state index is 12.2. The van der Waals surface area contributed by atoms with E-state index in [1.807, 2.05) is 0 Å². The average Bonchev–Trinajstić information content (AvgIpc) is 3.24. The molecule has 0 radical (unpaired) electrons. The second-order valence-electron chi connectivity index (χ2n) is 5.91. The number of carbonyl (C=O) groups is 1. The highest BCUT2D eigenvalue weighted by Crippen LogP contribution is 2.36. The van der Waals surface area contributed by atoms with Crippen molar-refractivity contribution in [3.05, 3.63) is 23.4 Å². The molecule has 0 spiro atoms. The van der Waals surface area contributed by atoms with E-state index in [-0.39, 0.29) is 5.91 Å². The van der Waals surface area contributed by atoms with Gasteiger partial charge in [0.05, 0.1) is 21.3 Å². The third-order valence-electron chi connectivity index (χ3n) is 4.49. The van der Waals surface area contributed by atoms with E-state index >= 15 is 0 Å². The van der Waals surface area contributed by atoms with Crippen LogP contribution in [0.25, 0.3) is 6.08 Å². The zero-order chi connectivity index (χ0) is 17.1. The number of hydrogen-bond acceptors (Lipinski definition) is 5. The van der Waals surface area contributed by atoms with Gasteiger partial charge >= 0.3 is 0 Å². The molecule has 1 heterocycles. The zero-order valence-corrected chi connectivity index (χ0v) is 14.2. The molecule has 1 aromatic rings. The summed E-state index contributed by atoms with van der Waals surface area (Å²) < 4.78 is 16.0. The second kappa shape index (κ2) is 6.95.